The van der Waals surface area contributed by atoms with Crippen LogP contribution >= 0.6 is 23.4 Å². The average Bonchev–Trinajstić information content (AvgIpc) is 2.40. The van der Waals surface area contributed by atoms with Gasteiger partial charge in [-0.05, 0) is 11.6 Å². The molecular formula is C12H9ClF2N2O2S. The Morgan fingerprint density at radius 2 is 2.00 bits per heavy atom. The predicted molar refractivity (Wildman–Crippen MR) is 73.7 cm³/mol. The van der Waals surface area contributed by atoms with Crippen LogP contribution in [0.5, 0.6) is 0 Å². The van der Waals surface area contributed by atoms with Crippen LogP contribution in [0, 0.1) is 0 Å². The molecule has 0 fully saturated rings. The molecule has 0 amide bonds. The van der Waals surface area contributed by atoms with Crippen molar-refractivity contribution in [1.29, 1.82) is 0 Å². The van der Waals surface area contributed by atoms with Crippen LogP contribution in [0.2, 0.25) is 5.02 Å². The van der Waals surface area contributed by atoms with Crippen LogP contribution < -0.4 is 11.1 Å². The molecule has 2 N–H and O–H groups in total. The highest BCUT2D eigenvalue weighted by atomic mass is 35.5. The van der Waals surface area contributed by atoms with Crippen LogP contribution in [0.1, 0.15) is 17.6 Å². The third kappa shape index (κ3) is 3.49. The number of benzene rings is 1. The molecule has 0 aliphatic rings. The molecule has 0 aliphatic heterocycles. The number of thioether (sulfide) groups is 1. The summed E-state index contributed by atoms with van der Waals surface area (Å²) in [5.74, 6) is 0.422. The van der Waals surface area contributed by atoms with E-state index in [-0.39, 0.29) is 10.6 Å². The van der Waals surface area contributed by atoms with Gasteiger partial charge >= 0.3 is 11.1 Å². The number of hydrogen-bond donors (Lipinski definition) is 2. The summed E-state index contributed by atoms with van der Waals surface area (Å²) in [6.07, 6.45) is -1.23. The highest BCUT2D eigenvalue weighted by Crippen LogP contribution is 2.29. The first-order chi connectivity index (χ1) is 9.47. The Balaban J connectivity index is 2.11. The molecule has 0 saturated carbocycles. The van der Waals surface area contributed by atoms with Crippen LogP contribution in [0.4, 0.5) is 8.78 Å². The Morgan fingerprint density at radius 3 is 2.60 bits per heavy atom. The molecule has 0 saturated heterocycles. The van der Waals surface area contributed by atoms with Gasteiger partial charge in [0.25, 0.3) is 6.43 Å². The van der Waals surface area contributed by atoms with Crippen LogP contribution in [-0.2, 0) is 5.75 Å². The minimum atomic E-state index is -2.61. The number of nitrogens with one attached hydrogen (secondary N) is 2. The molecule has 20 heavy (non-hydrogen) atoms. The van der Waals surface area contributed by atoms with E-state index in [0.29, 0.717) is 10.8 Å². The lowest BCUT2D eigenvalue weighted by Crippen LogP contribution is -2.28. The summed E-state index contributed by atoms with van der Waals surface area (Å²) in [5.41, 5.74) is -0.936. The van der Waals surface area contributed by atoms with Gasteiger partial charge in [-0.25, -0.2) is 8.78 Å². The van der Waals surface area contributed by atoms with Crippen molar-refractivity contribution in [1.82, 2.24) is 9.97 Å². The third-order valence-corrected chi connectivity index (χ3v) is 3.81. The smallest absolute Gasteiger partial charge is 0.314 e. The molecular weight excluding hydrogens is 310 g/mol. The van der Waals surface area contributed by atoms with Crippen molar-refractivity contribution in [3.63, 3.8) is 0 Å². The molecule has 106 valence electrons. The van der Waals surface area contributed by atoms with Crippen LogP contribution in [0.25, 0.3) is 0 Å². The minimum absolute atomic E-state index is 0.00746. The summed E-state index contributed by atoms with van der Waals surface area (Å²) < 4.78 is 25.1. The molecule has 0 bridgehead atoms. The monoisotopic (exact) mass is 318 g/mol. The van der Waals surface area contributed by atoms with Gasteiger partial charge in [0.05, 0.1) is 5.03 Å². The summed E-state index contributed by atoms with van der Waals surface area (Å²) in [6.45, 7) is 0. The van der Waals surface area contributed by atoms with Gasteiger partial charge in [-0.2, -0.15) is 0 Å². The molecule has 0 atom stereocenters. The highest BCUT2D eigenvalue weighted by molar-refractivity contribution is 7.98. The number of H-pyrrole nitrogens is 2. The fourth-order valence-corrected chi connectivity index (χ4v) is 2.57. The number of hydrogen-bond acceptors (Lipinski definition) is 3. The fourth-order valence-electron chi connectivity index (χ4n) is 1.48. The van der Waals surface area contributed by atoms with E-state index in [1.807, 2.05) is 0 Å². The summed E-state index contributed by atoms with van der Waals surface area (Å²) >= 11 is 7.01. The topological polar surface area (TPSA) is 65.7 Å². The number of aromatic nitrogens is 2. The maximum absolute atomic E-state index is 12.5. The Kier molecular flexibility index (Phi) is 4.61. The summed E-state index contributed by atoms with van der Waals surface area (Å²) in [5, 5.41) is 0.483. The standard InChI is InChI=1S/C12H9ClF2N2O2S/c13-8-3-6(1-2-7(8)10(14)15)5-20-9-4-16-11(18)12(19)17-9/h1-4,10H,5H2,(H,16,18)(H,17,19). The predicted octanol–water partition coefficient (Wildman–Crippen LogP) is 2.95. The zero-order valence-corrected chi connectivity index (χ0v) is 11.5. The normalized spacial score (nSPS) is 11.0. The van der Waals surface area contributed by atoms with Gasteiger partial charge in [0.15, 0.2) is 0 Å². The number of alkyl halides is 2. The molecule has 1 heterocycles. The lowest BCUT2D eigenvalue weighted by molar-refractivity contribution is 0.151. The molecule has 2 aromatic rings. The van der Waals surface area contributed by atoms with Gasteiger partial charge in [0.2, 0.25) is 0 Å². The molecule has 0 aliphatic carbocycles. The van der Waals surface area contributed by atoms with E-state index in [4.69, 9.17) is 11.6 Å². The highest BCUT2D eigenvalue weighted by Gasteiger charge is 2.12. The first-order valence-electron chi connectivity index (χ1n) is 5.48. The van der Waals surface area contributed by atoms with Crippen molar-refractivity contribution < 1.29 is 8.78 Å². The quantitative estimate of drug-likeness (QED) is 0.673. The van der Waals surface area contributed by atoms with Gasteiger partial charge in [-0.15, -0.1) is 11.8 Å². The Morgan fingerprint density at radius 1 is 1.25 bits per heavy atom. The second-order valence-corrected chi connectivity index (χ2v) is 5.31. The molecule has 2 rings (SSSR count). The second-order valence-electron chi connectivity index (χ2n) is 3.88. The molecule has 0 spiro atoms. The van der Waals surface area contributed by atoms with E-state index in [0.717, 1.165) is 5.56 Å². The van der Waals surface area contributed by atoms with Crippen molar-refractivity contribution in [2.75, 3.05) is 0 Å². The SMILES string of the molecule is O=c1[nH]cc(SCc2ccc(C(F)F)c(Cl)c2)[nH]c1=O. The van der Waals surface area contributed by atoms with Crippen molar-refractivity contribution in [2.45, 2.75) is 17.2 Å². The van der Waals surface area contributed by atoms with E-state index in [1.165, 1.54) is 30.1 Å². The zero-order valence-electron chi connectivity index (χ0n) is 9.95. The molecule has 4 nitrogen and oxygen atoms in total. The van der Waals surface area contributed by atoms with E-state index < -0.39 is 17.5 Å². The molecule has 1 aromatic heterocycles. The average molecular weight is 319 g/mol. The van der Waals surface area contributed by atoms with Gasteiger partial charge in [-0.1, -0.05) is 23.7 Å². The van der Waals surface area contributed by atoms with Crippen LogP contribution in [0.15, 0.2) is 39.0 Å². The van der Waals surface area contributed by atoms with Gasteiger partial charge in [0, 0.05) is 22.5 Å². The van der Waals surface area contributed by atoms with Crippen molar-refractivity contribution >= 4 is 23.4 Å². The number of aromatic amines is 2. The van der Waals surface area contributed by atoms with Crippen molar-refractivity contribution in [2.24, 2.45) is 0 Å². The summed E-state index contributed by atoms with van der Waals surface area (Å²) in [6, 6.07) is 4.28. The van der Waals surface area contributed by atoms with E-state index in [9.17, 15) is 18.4 Å². The van der Waals surface area contributed by atoms with Crippen LogP contribution in [-0.4, -0.2) is 9.97 Å². The van der Waals surface area contributed by atoms with Gasteiger partial charge in [0.1, 0.15) is 0 Å². The molecule has 8 heteroatoms. The lowest BCUT2D eigenvalue weighted by Gasteiger charge is -2.06. The van der Waals surface area contributed by atoms with Crippen LogP contribution in [0.3, 0.4) is 0 Å². The van der Waals surface area contributed by atoms with E-state index >= 15 is 0 Å². The largest absolute Gasteiger partial charge is 0.322 e. The third-order valence-electron chi connectivity index (χ3n) is 2.47. The first-order valence-corrected chi connectivity index (χ1v) is 6.85. The van der Waals surface area contributed by atoms with E-state index in [2.05, 4.69) is 9.97 Å². The fraction of sp³-hybridized carbons (Fsp3) is 0.167. The van der Waals surface area contributed by atoms with Gasteiger partial charge < -0.3 is 9.97 Å². The summed E-state index contributed by atoms with van der Waals surface area (Å²) in [4.78, 5) is 26.7. The Hall–Kier alpha value is -1.60. The molecule has 0 unspecified atom stereocenters. The zero-order chi connectivity index (χ0) is 14.7. The Bertz CT molecular complexity index is 730. The lowest BCUT2D eigenvalue weighted by atomic mass is 10.1. The second kappa shape index (κ2) is 6.23. The van der Waals surface area contributed by atoms with E-state index in [1.54, 1.807) is 6.07 Å². The number of halogens is 3. The van der Waals surface area contributed by atoms with Crippen molar-refractivity contribution in [3.05, 3.63) is 61.3 Å². The summed E-state index contributed by atoms with van der Waals surface area (Å²) in [7, 11) is 0. The maximum Gasteiger partial charge on any atom is 0.314 e. The maximum atomic E-state index is 12.5. The van der Waals surface area contributed by atoms with Crippen molar-refractivity contribution in [3.8, 4) is 0 Å². The molecule has 1 aromatic carbocycles. The Labute approximate surface area is 121 Å². The first kappa shape index (κ1) is 14.8. The van der Waals surface area contributed by atoms with Gasteiger partial charge in [-0.3, -0.25) is 9.59 Å². The minimum Gasteiger partial charge on any atom is -0.322 e. The molecule has 0 radical (unpaired) electrons. The number of rotatable bonds is 4.